The number of amides is 1. The van der Waals surface area contributed by atoms with Crippen LogP contribution in [0.5, 0.6) is 0 Å². The first kappa shape index (κ1) is 14.3. The Kier molecular flexibility index (Phi) is 3.36. The Bertz CT molecular complexity index is 766. The van der Waals surface area contributed by atoms with Crippen molar-refractivity contribution in [1.82, 2.24) is 9.88 Å². The number of carbonyl (C=O) groups is 2. The van der Waals surface area contributed by atoms with Gasteiger partial charge in [-0.1, -0.05) is 12.8 Å². The lowest BCUT2D eigenvalue weighted by Gasteiger charge is -2.33. The average Bonchev–Trinajstić information content (AvgIpc) is 3.17. The summed E-state index contributed by atoms with van der Waals surface area (Å²) in [6.07, 6.45) is 6.62. The van der Waals surface area contributed by atoms with Crippen molar-refractivity contribution in [3.63, 3.8) is 0 Å². The zero-order valence-corrected chi connectivity index (χ0v) is 12.9. The molecule has 3 atom stereocenters. The molecule has 1 saturated carbocycles. The average molecular weight is 312 g/mol. The third-order valence-electron chi connectivity index (χ3n) is 5.41. The fraction of sp³-hybridized carbons (Fsp3) is 0.444. The van der Waals surface area contributed by atoms with Gasteiger partial charge in [-0.2, -0.15) is 0 Å². The van der Waals surface area contributed by atoms with Crippen LogP contribution in [-0.4, -0.2) is 39.0 Å². The summed E-state index contributed by atoms with van der Waals surface area (Å²) in [7, 11) is 0. The zero-order chi connectivity index (χ0) is 16.0. The van der Waals surface area contributed by atoms with Crippen molar-refractivity contribution >= 4 is 22.8 Å². The Balaban J connectivity index is 1.70. The van der Waals surface area contributed by atoms with Crippen LogP contribution >= 0.6 is 0 Å². The first-order chi connectivity index (χ1) is 11.1. The number of hydrogen-bond acceptors (Lipinski definition) is 2. The lowest BCUT2D eigenvalue weighted by molar-refractivity contribution is -0.141. The first-order valence-corrected chi connectivity index (χ1v) is 8.28. The molecule has 120 valence electrons. The van der Waals surface area contributed by atoms with Gasteiger partial charge < -0.3 is 15.0 Å². The van der Waals surface area contributed by atoms with Crippen molar-refractivity contribution in [3.8, 4) is 0 Å². The van der Waals surface area contributed by atoms with E-state index in [1.807, 2.05) is 24.4 Å². The minimum atomic E-state index is -0.879. The van der Waals surface area contributed by atoms with Crippen LogP contribution in [0.25, 0.3) is 10.9 Å². The lowest BCUT2D eigenvalue weighted by Crippen LogP contribution is -2.46. The maximum Gasteiger partial charge on any atom is 0.326 e. The molecule has 5 heteroatoms. The third-order valence-corrected chi connectivity index (χ3v) is 5.41. The molecule has 2 aromatic rings. The number of rotatable bonds is 2. The minimum absolute atomic E-state index is 0.0827. The topological polar surface area (TPSA) is 73.4 Å². The van der Waals surface area contributed by atoms with E-state index in [1.165, 1.54) is 0 Å². The molecule has 0 unspecified atom stereocenters. The number of hydrogen-bond donors (Lipinski definition) is 2. The van der Waals surface area contributed by atoms with Crippen LogP contribution in [0.4, 0.5) is 0 Å². The lowest BCUT2D eigenvalue weighted by atomic mass is 9.84. The molecule has 2 heterocycles. The van der Waals surface area contributed by atoms with Gasteiger partial charge in [0.2, 0.25) is 0 Å². The highest BCUT2D eigenvalue weighted by molar-refractivity contribution is 6.00. The number of aromatic nitrogens is 1. The Hall–Kier alpha value is -2.30. The maximum atomic E-state index is 13.0. The second-order valence-electron chi connectivity index (χ2n) is 6.69. The Morgan fingerprint density at radius 1 is 1.17 bits per heavy atom. The molecule has 0 bridgehead atoms. The summed E-state index contributed by atoms with van der Waals surface area (Å²) in [5.41, 5.74) is 1.56. The summed E-state index contributed by atoms with van der Waals surface area (Å²) in [4.78, 5) is 29.5. The monoisotopic (exact) mass is 312 g/mol. The zero-order valence-electron chi connectivity index (χ0n) is 12.9. The Morgan fingerprint density at radius 2 is 2.00 bits per heavy atom. The van der Waals surface area contributed by atoms with Gasteiger partial charge in [0, 0.05) is 28.7 Å². The molecule has 1 amide bonds. The number of likely N-dealkylation sites (tertiary alicyclic amines) is 1. The number of aromatic amines is 1. The van der Waals surface area contributed by atoms with Gasteiger partial charge in [0.15, 0.2) is 0 Å². The van der Waals surface area contributed by atoms with Crippen LogP contribution in [0.3, 0.4) is 0 Å². The third kappa shape index (κ3) is 2.31. The van der Waals surface area contributed by atoms with Crippen molar-refractivity contribution in [2.75, 3.05) is 0 Å². The number of carboxylic acid groups (broad SMARTS) is 1. The van der Waals surface area contributed by atoms with Gasteiger partial charge in [-0.3, -0.25) is 4.79 Å². The van der Waals surface area contributed by atoms with E-state index >= 15 is 0 Å². The van der Waals surface area contributed by atoms with Crippen LogP contribution in [0, 0.1) is 5.92 Å². The second kappa shape index (κ2) is 5.41. The van der Waals surface area contributed by atoms with E-state index in [1.54, 1.807) is 11.0 Å². The molecular formula is C18H20N2O3. The predicted molar refractivity (Wildman–Crippen MR) is 86.3 cm³/mol. The number of nitrogens with zero attached hydrogens (tertiary/aromatic N) is 1. The van der Waals surface area contributed by atoms with E-state index in [-0.39, 0.29) is 11.9 Å². The Labute approximate surface area is 134 Å². The maximum absolute atomic E-state index is 13.0. The van der Waals surface area contributed by atoms with Crippen molar-refractivity contribution in [2.24, 2.45) is 5.92 Å². The molecule has 2 N–H and O–H groups in total. The van der Waals surface area contributed by atoms with Gasteiger partial charge in [-0.25, -0.2) is 4.79 Å². The minimum Gasteiger partial charge on any atom is -0.480 e. The van der Waals surface area contributed by atoms with Gasteiger partial charge in [-0.15, -0.1) is 0 Å². The number of H-pyrrole nitrogens is 1. The van der Waals surface area contributed by atoms with E-state index in [9.17, 15) is 14.7 Å². The standard InChI is InChI=1S/C18H20N2O3/c21-17(13-5-6-14-11(9-13)7-8-19-14)20-15-4-2-1-3-12(15)10-16(20)18(22)23/h5-9,12,15-16,19H,1-4,10H2,(H,22,23)/t12-,15-,16+/m1/s1. The Morgan fingerprint density at radius 3 is 2.83 bits per heavy atom. The largest absolute Gasteiger partial charge is 0.480 e. The summed E-state index contributed by atoms with van der Waals surface area (Å²) >= 11 is 0. The molecule has 1 aliphatic carbocycles. The van der Waals surface area contributed by atoms with Crippen LogP contribution in [0.2, 0.25) is 0 Å². The van der Waals surface area contributed by atoms with Crippen molar-refractivity contribution in [3.05, 3.63) is 36.0 Å². The number of nitrogens with one attached hydrogen (secondary N) is 1. The van der Waals surface area contributed by atoms with Gasteiger partial charge in [0.1, 0.15) is 6.04 Å². The van der Waals surface area contributed by atoms with E-state index in [4.69, 9.17) is 0 Å². The van der Waals surface area contributed by atoms with Crippen molar-refractivity contribution in [2.45, 2.75) is 44.2 Å². The predicted octanol–water partition coefficient (Wildman–Crippen LogP) is 3.03. The number of carboxylic acids is 1. The van der Waals surface area contributed by atoms with Crippen LogP contribution in [0.1, 0.15) is 42.5 Å². The fourth-order valence-electron chi connectivity index (χ4n) is 4.31. The molecular weight excluding hydrogens is 292 g/mol. The molecule has 2 fully saturated rings. The normalized spacial score (nSPS) is 27.1. The van der Waals surface area contributed by atoms with E-state index in [0.29, 0.717) is 17.9 Å². The highest BCUT2D eigenvalue weighted by Crippen LogP contribution is 2.40. The van der Waals surface area contributed by atoms with Crippen LogP contribution in [0.15, 0.2) is 30.5 Å². The summed E-state index contributed by atoms with van der Waals surface area (Å²) in [5.74, 6) is -0.685. The highest BCUT2D eigenvalue weighted by Gasteiger charge is 2.47. The van der Waals surface area contributed by atoms with E-state index < -0.39 is 12.0 Å². The van der Waals surface area contributed by atoms with Crippen molar-refractivity contribution < 1.29 is 14.7 Å². The molecule has 5 nitrogen and oxygen atoms in total. The molecule has 23 heavy (non-hydrogen) atoms. The van der Waals surface area contributed by atoms with Gasteiger partial charge >= 0.3 is 5.97 Å². The van der Waals surface area contributed by atoms with E-state index in [0.717, 1.165) is 36.6 Å². The smallest absolute Gasteiger partial charge is 0.326 e. The number of benzene rings is 1. The molecule has 0 radical (unpaired) electrons. The molecule has 2 aliphatic rings. The van der Waals surface area contributed by atoms with Crippen LogP contribution < -0.4 is 0 Å². The highest BCUT2D eigenvalue weighted by atomic mass is 16.4. The van der Waals surface area contributed by atoms with Gasteiger partial charge in [0.25, 0.3) is 5.91 Å². The fourth-order valence-corrected chi connectivity index (χ4v) is 4.31. The summed E-state index contributed by atoms with van der Waals surface area (Å²) in [6.45, 7) is 0. The SMILES string of the molecule is O=C(O)[C@@H]1C[C@H]2CCCC[C@H]2N1C(=O)c1ccc2[nH]ccc2c1. The summed E-state index contributed by atoms with van der Waals surface area (Å²) in [6, 6.07) is 6.84. The molecule has 1 aliphatic heterocycles. The van der Waals surface area contributed by atoms with Gasteiger partial charge in [0.05, 0.1) is 0 Å². The van der Waals surface area contributed by atoms with E-state index in [2.05, 4.69) is 4.98 Å². The first-order valence-electron chi connectivity index (χ1n) is 8.28. The molecule has 1 aromatic carbocycles. The summed E-state index contributed by atoms with van der Waals surface area (Å²) < 4.78 is 0. The molecule has 0 spiro atoms. The number of aliphatic carboxylic acids is 1. The molecule has 1 saturated heterocycles. The molecule has 1 aromatic heterocycles. The van der Waals surface area contributed by atoms with Crippen molar-refractivity contribution in [1.29, 1.82) is 0 Å². The second-order valence-corrected chi connectivity index (χ2v) is 6.69. The van der Waals surface area contributed by atoms with Gasteiger partial charge in [-0.05, 0) is 49.4 Å². The number of carbonyl (C=O) groups excluding carboxylic acids is 1. The quantitative estimate of drug-likeness (QED) is 0.895. The van der Waals surface area contributed by atoms with Crippen LogP contribution in [-0.2, 0) is 4.79 Å². The summed E-state index contributed by atoms with van der Waals surface area (Å²) in [5, 5.41) is 10.5. The number of fused-ring (bicyclic) bond motifs is 2. The molecule has 4 rings (SSSR count).